The minimum absolute atomic E-state index is 0.522. The van der Waals surface area contributed by atoms with Crippen LogP contribution in [0.4, 0.5) is 0 Å². The summed E-state index contributed by atoms with van der Waals surface area (Å²) in [6.45, 7) is 6.96. The van der Waals surface area contributed by atoms with Gasteiger partial charge < -0.3 is 4.74 Å². The molecule has 0 heterocycles. The largest absolute Gasteiger partial charge is 0.381 e. The van der Waals surface area contributed by atoms with Crippen molar-refractivity contribution in [2.24, 2.45) is 17.8 Å². The third kappa shape index (κ3) is 2.22. The molecule has 3 atom stereocenters. The molecule has 0 saturated heterocycles. The van der Waals surface area contributed by atoms with Gasteiger partial charge in [0.15, 0.2) is 0 Å². The van der Waals surface area contributed by atoms with E-state index in [1.165, 1.54) is 19.3 Å². The lowest BCUT2D eigenvalue weighted by molar-refractivity contribution is -0.00982. The van der Waals surface area contributed by atoms with Crippen molar-refractivity contribution in [3.05, 3.63) is 0 Å². The summed E-state index contributed by atoms with van der Waals surface area (Å²) in [6, 6.07) is 0. The molecule has 1 rings (SSSR count). The average Bonchev–Trinajstić information content (AvgIpc) is 2.03. The fourth-order valence-corrected chi connectivity index (χ4v) is 2.39. The van der Waals surface area contributed by atoms with E-state index in [1.807, 2.05) is 7.11 Å². The van der Waals surface area contributed by atoms with Gasteiger partial charge in [-0.15, -0.1) is 0 Å². The molecule has 0 unspecified atom stereocenters. The Morgan fingerprint density at radius 3 is 2.42 bits per heavy atom. The summed E-state index contributed by atoms with van der Waals surface area (Å²) in [4.78, 5) is 0. The van der Waals surface area contributed by atoms with E-state index in [0.29, 0.717) is 6.10 Å². The molecule has 0 aromatic rings. The number of rotatable bonds is 2. The first-order chi connectivity index (χ1) is 5.65. The van der Waals surface area contributed by atoms with Crippen LogP contribution in [0.2, 0.25) is 0 Å². The van der Waals surface area contributed by atoms with Gasteiger partial charge in [-0.1, -0.05) is 27.2 Å². The summed E-state index contributed by atoms with van der Waals surface area (Å²) < 4.78 is 5.54. The number of hydrogen-bond donors (Lipinski definition) is 0. The van der Waals surface area contributed by atoms with E-state index in [-0.39, 0.29) is 0 Å². The lowest BCUT2D eigenvalue weighted by Gasteiger charge is -2.36. The lowest BCUT2D eigenvalue weighted by atomic mass is 9.75. The van der Waals surface area contributed by atoms with Gasteiger partial charge in [-0.25, -0.2) is 0 Å². The summed E-state index contributed by atoms with van der Waals surface area (Å²) in [5.41, 5.74) is 0. The van der Waals surface area contributed by atoms with Crippen molar-refractivity contribution in [1.29, 1.82) is 0 Å². The normalized spacial score (nSPS) is 37.2. The van der Waals surface area contributed by atoms with Gasteiger partial charge in [0, 0.05) is 7.11 Å². The maximum absolute atomic E-state index is 5.54. The Balaban J connectivity index is 2.50. The Morgan fingerprint density at radius 1 is 1.25 bits per heavy atom. The first-order valence-electron chi connectivity index (χ1n) is 5.18. The summed E-state index contributed by atoms with van der Waals surface area (Å²) in [7, 11) is 1.86. The molecule has 12 heavy (non-hydrogen) atoms. The molecule has 0 N–H and O–H groups in total. The van der Waals surface area contributed by atoms with Crippen molar-refractivity contribution in [3.63, 3.8) is 0 Å². The van der Waals surface area contributed by atoms with Crippen LogP contribution in [0.1, 0.15) is 40.0 Å². The molecule has 1 aliphatic carbocycles. The van der Waals surface area contributed by atoms with Gasteiger partial charge in [0.05, 0.1) is 6.10 Å². The molecule has 0 aliphatic heterocycles. The summed E-state index contributed by atoms with van der Waals surface area (Å²) in [6.07, 6.45) is 4.54. The predicted molar refractivity (Wildman–Crippen MR) is 52.1 cm³/mol. The Morgan fingerprint density at radius 2 is 1.92 bits per heavy atom. The van der Waals surface area contributed by atoms with E-state index in [4.69, 9.17) is 4.74 Å². The minimum atomic E-state index is 0.522. The molecular weight excluding hydrogens is 148 g/mol. The van der Waals surface area contributed by atoms with E-state index < -0.39 is 0 Å². The molecule has 0 bridgehead atoms. The Labute approximate surface area is 76.5 Å². The maximum Gasteiger partial charge on any atom is 0.0604 e. The third-order valence-electron chi connectivity index (χ3n) is 3.26. The maximum atomic E-state index is 5.54. The van der Waals surface area contributed by atoms with Gasteiger partial charge in [-0.2, -0.15) is 0 Å². The van der Waals surface area contributed by atoms with Gasteiger partial charge in [0.2, 0.25) is 0 Å². The third-order valence-corrected chi connectivity index (χ3v) is 3.26. The van der Waals surface area contributed by atoms with Crippen LogP contribution >= 0.6 is 0 Å². The van der Waals surface area contributed by atoms with Crippen molar-refractivity contribution in [2.45, 2.75) is 46.1 Å². The van der Waals surface area contributed by atoms with Crippen molar-refractivity contribution in [1.82, 2.24) is 0 Å². The van der Waals surface area contributed by atoms with Gasteiger partial charge in [-0.05, 0) is 30.6 Å². The summed E-state index contributed by atoms with van der Waals surface area (Å²) >= 11 is 0. The number of hydrogen-bond acceptors (Lipinski definition) is 1. The summed E-state index contributed by atoms with van der Waals surface area (Å²) in [5, 5.41) is 0. The zero-order valence-electron chi connectivity index (χ0n) is 8.84. The molecule has 0 aromatic carbocycles. The highest BCUT2D eigenvalue weighted by Gasteiger charge is 2.30. The fourth-order valence-electron chi connectivity index (χ4n) is 2.39. The van der Waals surface area contributed by atoms with Crippen molar-refractivity contribution >= 4 is 0 Å². The fraction of sp³-hybridized carbons (Fsp3) is 1.00. The topological polar surface area (TPSA) is 9.23 Å². The second-order valence-corrected chi connectivity index (χ2v) is 4.60. The van der Waals surface area contributed by atoms with Gasteiger partial charge in [0.1, 0.15) is 0 Å². The van der Waals surface area contributed by atoms with Gasteiger partial charge >= 0.3 is 0 Å². The van der Waals surface area contributed by atoms with Crippen molar-refractivity contribution in [3.8, 4) is 0 Å². The highest BCUT2D eigenvalue weighted by molar-refractivity contribution is 4.80. The highest BCUT2D eigenvalue weighted by Crippen LogP contribution is 2.34. The van der Waals surface area contributed by atoms with Crippen LogP contribution in [0.5, 0.6) is 0 Å². The average molecular weight is 170 g/mol. The smallest absolute Gasteiger partial charge is 0.0604 e. The van der Waals surface area contributed by atoms with E-state index in [0.717, 1.165) is 17.8 Å². The first-order valence-corrected chi connectivity index (χ1v) is 5.18. The van der Waals surface area contributed by atoms with Crippen LogP contribution in [-0.2, 0) is 4.74 Å². The first kappa shape index (κ1) is 10.0. The quantitative estimate of drug-likeness (QED) is 0.619. The molecular formula is C11H22O. The van der Waals surface area contributed by atoms with Crippen molar-refractivity contribution in [2.75, 3.05) is 7.11 Å². The summed E-state index contributed by atoms with van der Waals surface area (Å²) in [5.74, 6) is 2.44. The SMILES string of the molecule is CO[C@H]1C[C@@H](C)CC[C@H]1C(C)C. The minimum Gasteiger partial charge on any atom is -0.381 e. The Kier molecular flexibility index (Phi) is 3.57. The van der Waals surface area contributed by atoms with Crippen LogP contribution in [0, 0.1) is 17.8 Å². The Hall–Kier alpha value is -0.0400. The molecule has 0 spiro atoms. The molecule has 0 radical (unpaired) electrons. The van der Waals surface area contributed by atoms with Gasteiger partial charge in [0.25, 0.3) is 0 Å². The number of methoxy groups -OCH3 is 1. The molecule has 1 heteroatoms. The molecule has 0 amide bonds. The predicted octanol–water partition coefficient (Wildman–Crippen LogP) is 3.09. The van der Waals surface area contributed by atoms with E-state index in [9.17, 15) is 0 Å². The van der Waals surface area contributed by atoms with Crippen molar-refractivity contribution < 1.29 is 4.74 Å². The second-order valence-electron chi connectivity index (χ2n) is 4.60. The molecule has 0 aromatic heterocycles. The van der Waals surface area contributed by atoms with Crippen LogP contribution in [0.15, 0.2) is 0 Å². The zero-order valence-corrected chi connectivity index (χ0v) is 8.84. The highest BCUT2D eigenvalue weighted by atomic mass is 16.5. The molecule has 1 nitrogen and oxygen atoms in total. The molecule has 1 aliphatic rings. The zero-order chi connectivity index (χ0) is 9.14. The van der Waals surface area contributed by atoms with Gasteiger partial charge in [-0.3, -0.25) is 0 Å². The lowest BCUT2D eigenvalue weighted by Crippen LogP contribution is -2.33. The monoisotopic (exact) mass is 170 g/mol. The second kappa shape index (κ2) is 4.27. The van der Waals surface area contributed by atoms with E-state index in [2.05, 4.69) is 20.8 Å². The number of ether oxygens (including phenoxy) is 1. The van der Waals surface area contributed by atoms with Crippen LogP contribution in [0.25, 0.3) is 0 Å². The molecule has 1 fully saturated rings. The van der Waals surface area contributed by atoms with E-state index >= 15 is 0 Å². The van der Waals surface area contributed by atoms with Crippen LogP contribution in [0.3, 0.4) is 0 Å². The molecule has 72 valence electrons. The van der Waals surface area contributed by atoms with Crippen LogP contribution in [-0.4, -0.2) is 13.2 Å². The van der Waals surface area contributed by atoms with Crippen LogP contribution < -0.4 is 0 Å². The molecule has 1 saturated carbocycles. The standard InChI is InChI=1S/C11H22O/c1-8(2)10-6-5-9(3)7-11(10)12-4/h8-11H,5-7H2,1-4H3/t9-,10-,11-/m0/s1. The Bertz CT molecular complexity index is 131. The van der Waals surface area contributed by atoms with E-state index in [1.54, 1.807) is 0 Å².